The maximum Gasteiger partial charge on any atom is 0.263 e. The lowest BCUT2D eigenvalue weighted by Crippen LogP contribution is -2.63. The van der Waals surface area contributed by atoms with Crippen LogP contribution in [0.5, 0.6) is 5.75 Å². The maximum atomic E-state index is 15.0. The highest BCUT2D eigenvalue weighted by Crippen LogP contribution is 2.52. The molecule has 2 fully saturated rings. The van der Waals surface area contributed by atoms with Gasteiger partial charge in [0.15, 0.2) is 15.5 Å². The van der Waals surface area contributed by atoms with Crippen molar-refractivity contribution in [1.82, 2.24) is 20.9 Å². The highest BCUT2D eigenvalue weighted by molar-refractivity contribution is 7.90. The number of carbonyl (C=O) groups is 2. The van der Waals surface area contributed by atoms with Crippen LogP contribution in [0.1, 0.15) is 37.5 Å². The third kappa shape index (κ3) is 5.57. The Morgan fingerprint density at radius 2 is 1.45 bits per heavy atom. The zero-order valence-electron chi connectivity index (χ0n) is 24.6. The highest BCUT2D eigenvalue weighted by atomic mass is 35.5. The van der Waals surface area contributed by atoms with E-state index in [2.05, 4.69) is 16.0 Å². The van der Waals surface area contributed by atoms with E-state index in [9.17, 15) is 18.0 Å². The third-order valence-corrected chi connectivity index (χ3v) is 10.6. The second-order valence-corrected chi connectivity index (χ2v) is 14.6. The Balaban J connectivity index is 1.85. The minimum absolute atomic E-state index is 0.0430. The number of rotatable bonds is 7. The van der Waals surface area contributed by atoms with Gasteiger partial charge in [-0.25, -0.2) is 8.42 Å². The molecule has 2 heterocycles. The van der Waals surface area contributed by atoms with Gasteiger partial charge in [-0.15, -0.1) is 0 Å². The number of ether oxygens (including phenoxy) is 1. The molecule has 0 aliphatic carbocycles. The number of halogens is 3. The van der Waals surface area contributed by atoms with E-state index >= 15 is 0 Å². The smallest absolute Gasteiger partial charge is 0.263 e. The largest absolute Gasteiger partial charge is 0.493 e. The van der Waals surface area contributed by atoms with Crippen molar-refractivity contribution in [3.8, 4) is 5.75 Å². The number of nitrogens with zero attached hydrogens (tertiary/aromatic N) is 1. The van der Waals surface area contributed by atoms with Crippen molar-refractivity contribution in [3.63, 3.8) is 0 Å². The topological polar surface area (TPSA) is 117 Å². The van der Waals surface area contributed by atoms with Crippen LogP contribution in [-0.2, 0) is 36.2 Å². The Morgan fingerprint density at radius 3 is 1.91 bits per heavy atom. The molecular formula is C31H33Cl3N4O5S. The third-order valence-electron chi connectivity index (χ3n) is 8.50. The van der Waals surface area contributed by atoms with Gasteiger partial charge in [0.2, 0.25) is 5.91 Å². The van der Waals surface area contributed by atoms with E-state index in [0.717, 1.165) is 17.4 Å². The summed E-state index contributed by atoms with van der Waals surface area (Å²) in [5.41, 5.74) is -2.13. The van der Waals surface area contributed by atoms with Crippen LogP contribution in [0, 0.1) is 0 Å². The van der Waals surface area contributed by atoms with Crippen molar-refractivity contribution < 1.29 is 22.7 Å². The number of nitrogens with one attached hydrogen (secondary N) is 3. The fraction of sp³-hybridized carbons (Fsp3) is 0.355. The second-order valence-electron chi connectivity index (χ2n) is 11.3. The summed E-state index contributed by atoms with van der Waals surface area (Å²) in [6.07, 6.45) is 1.05. The predicted molar refractivity (Wildman–Crippen MR) is 171 cm³/mol. The zero-order chi connectivity index (χ0) is 32.1. The number of hydrogen-bond acceptors (Lipinski definition) is 7. The monoisotopic (exact) mass is 678 g/mol. The van der Waals surface area contributed by atoms with E-state index in [1.165, 1.54) is 17.0 Å². The molecule has 3 atom stereocenters. The van der Waals surface area contributed by atoms with Crippen molar-refractivity contribution in [1.29, 1.82) is 0 Å². The van der Waals surface area contributed by atoms with Crippen LogP contribution < -0.4 is 20.7 Å². The van der Waals surface area contributed by atoms with Crippen molar-refractivity contribution in [3.05, 3.63) is 92.4 Å². The van der Waals surface area contributed by atoms with Gasteiger partial charge in [-0.2, -0.15) is 0 Å². The number of hydrogen-bond donors (Lipinski definition) is 3. The molecule has 0 spiro atoms. The molecule has 2 aliphatic heterocycles. The summed E-state index contributed by atoms with van der Waals surface area (Å²) in [7, 11) is -3.84. The first-order valence-electron chi connectivity index (χ1n) is 14.0. The van der Waals surface area contributed by atoms with E-state index in [0.29, 0.717) is 10.0 Å². The molecule has 1 unspecified atom stereocenters. The van der Waals surface area contributed by atoms with Crippen LogP contribution in [0.25, 0.3) is 0 Å². The van der Waals surface area contributed by atoms with Gasteiger partial charge in [0.05, 0.1) is 34.1 Å². The fourth-order valence-corrected chi connectivity index (χ4v) is 7.68. The first-order chi connectivity index (χ1) is 20.6. The minimum atomic E-state index is -3.84. The molecule has 3 aromatic rings. The number of benzene rings is 3. The molecule has 0 saturated carbocycles. The number of sulfone groups is 1. The summed E-state index contributed by atoms with van der Waals surface area (Å²) < 4.78 is 31.9. The molecule has 0 radical (unpaired) electrons. The molecule has 0 aromatic heterocycles. The molecule has 13 heteroatoms. The molecule has 2 saturated heterocycles. The predicted octanol–water partition coefficient (Wildman–Crippen LogP) is 4.58. The molecule has 234 valence electrons. The lowest BCUT2D eigenvalue weighted by molar-refractivity contribution is -0.145. The molecule has 3 aromatic carbocycles. The SMILES string of the molecule is CCOc1cc(Cl)c(S(C)(=O)=O)cc1C1(C(=O)N2CCNC(=O)C2)N[C@@](C)(c2ccc(Cl)cc2)[C@@](C)(c2ccc(Cl)cc2)N1. The van der Waals surface area contributed by atoms with Crippen LogP contribution in [0.4, 0.5) is 0 Å². The van der Waals surface area contributed by atoms with Gasteiger partial charge < -0.3 is 15.0 Å². The molecule has 3 N–H and O–H groups in total. The Hall–Kier alpha value is -2.86. The Morgan fingerprint density at radius 1 is 0.932 bits per heavy atom. The van der Waals surface area contributed by atoms with E-state index in [4.69, 9.17) is 39.5 Å². The lowest BCUT2D eigenvalue weighted by Gasteiger charge is -2.41. The average Bonchev–Trinajstić information content (AvgIpc) is 3.22. The van der Waals surface area contributed by atoms with Crippen molar-refractivity contribution in [2.45, 2.75) is 42.4 Å². The molecule has 2 amide bonds. The summed E-state index contributed by atoms with van der Waals surface area (Å²) in [5, 5.41) is 11.0. The molecule has 44 heavy (non-hydrogen) atoms. The van der Waals surface area contributed by atoms with Crippen LogP contribution in [-0.4, -0.2) is 57.6 Å². The van der Waals surface area contributed by atoms with Gasteiger partial charge in [0, 0.05) is 41.0 Å². The van der Waals surface area contributed by atoms with Gasteiger partial charge >= 0.3 is 0 Å². The normalized spacial score (nSPS) is 25.5. The number of carbonyl (C=O) groups excluding carboxylic acids is 2. The van der Waals surface area contributed by atoms with Gasteiger partial charge in [-0.1, -0.05) is 59.1 Å². The van der Waals surface area contributed by atoms with Crippen molar-refractivity contribution >= 4 is 56.5 Å². The van der Waals surface area contributed by atoms with E-state index in [-0.39, 0.29) is 53.4 Å². The van der Waals surface area contributed by atoms with Gasteiger partial charge in [-0.3, -0.25) is 20.2 Å². The lowest BCUT2D eigenvalue weighted by atomic mass is 9.72. The van der Waals surface area contributed by atoms with E-state index in [1.54, 1.807) is 31.2 Å². The molecule has 0 bridgehead atoms. The molecular weight excluding hydrogens is 647 g/mol. The Labute approximate surface area is 272 Å². The second kappa shape index (κ2) is 11.8. The van der Waals surface area contributed by atoms with Crippen LogP contribution in [0.2, 0.25) is 15.1 Å². The average molecular weight is 680 g/mol. The maximum absolute atomic E-state index is 15.0. The summed E-state index contributed by atoms with van der Waals surface area (Å²) in [6, 6.07) is 17.3. The quantitative estimate of drug-likeness (QED) is 0.335. The van der Waals surface area contributed by atoms with Gasteiger partial charge in [-0.05, 0) is 62.2 Å². The van der Waals surface area contributed by atoms with Crippen LogP contribution in [0.15, 0.2) is 65.6 Å². The summed E-state index contributed by atoms with van der Waals surface area (Å²) in [5.74, 6) is -0.594. The summed E-state index contributed by atoms with van der Waals surface area (Å²) in [4.78, 5) is 28.7. The summed E-state index contributed by atoms with van der Waals surface area (Å²) >= 11 is 19.0. The number of amides is 2. The van der Waals surface area contributed by atoms with E-state index in [1.807, 2.05) is 38.1 Å². The number of piperazine rings is 1. The Kier molecular flexibility index (Phi) is 8.74. The van der Waals surface area contributed by atoms with Gasteiger partial charge in [0.25, 0.3) is 5.91 Å². The first kappa shape index (κ1) is 32.5. The molecule has 9 nitrogen and oxygen atoms in total. The fourth-order valence-electron chi connectivity index (χ4n) is 6.11. The van der Waals surface area contributed by atoms with Crippen LogP contribution in [0.3, 0.4) is 0 Å². The van der Waals surface area contributed by atoms with Crippen LogP contribution >= 0.6 is 34.8 Å². The Bertz CT molecular complexity index is 1660. The van der Waals surface area contributed by atoms with E-state index < -0.39 is 32.5 Å². The summed E-state index contributed by atoms with van der Waals surface area (Å²) in [6.45, 7) is 6.19. The molecule has 5 rings (SSSR count). The van der Waals surface area contributed by atoms with Gasteiger partial charge in [0.1, 0.15) is 5.75 Å². The standard InChI is InChI=1S/C31H33Cl3N4O5S/c1-5-43-25-17-24(34)26(44(4,41)42)16-23(25)31(28(40)38-15-14-35-27(39)18-38)36-29(2,19-6-10-21(32)11-7-19)30(3,37-31)20-8-12-22(33)13-9-20/h6-13,16-17,36-37H,5,14-15,18H2,1-4H3,(H,35,39)/t29-,30+,31?. The first-order valence-corrected chi connectivity index (χ1v) is 17.0. The molecule has 2 aliphatic rings. The highest BCUT2D eigenvalue weighted by Gasteiger charge is 2.65. The van der Waals surface area contributed by atoms with Crippen molar-refractivity contribution in [2.75, 3.05) is 32.5 Å². The minimum Gasteiger partial charge on any atom is -0.493 e. The zero-order valence-corrected chi connectivity index (χ0v) is 27.7. The van der Waals surface area contributed by atoms with Crippen molar-refractivity contribution in [2.24, 2.45) is 0 Å².